The van der Waals surface area contributed by atoms with Crippen LogP contribution in [-0.4, -0.2) is 4.57 Å². The molecule has 1 aromatic heterocycles. The van der Waals surface area contributed by atoms with Crippen molar-refractivity contribution in [1.29, 1.82) is 21.0 Å². The van der Waals surface area contributed by atoms with E-state index in [0.29, 0.717) is 33.4 Å². The molecule has 7 heteroatoms. The van der Waals surface area contributed by atoms with E-state index in [9.17, 15) is 21.0 Å². The fourth-order valence-corrected chi connectivity index (χ4v) is 11.6. The first-order chi connectivity index (χ1) is 40.6. The zero-order valence-electron chi connectivity index (χ0n) is 49.0. The SMILES string of the molecule is CCCCc1cc(N(c2ccccc2)c2cc(-c3ccc4c(c3)c3ccccc3n4-c3ccc(-c4ccc(C#N)cc4C#N)cc3-c3ccc(C#N)cc3C#N)cc(N(c3ccccc3)c3cc(C)cc(C(C)(C)C)c3)c2)cc(C(C)(C)C)c1. The van der Waals surface area contributed by atoms with Crippen molar-refractivity contribution in [3.8, 4) is 63.3 Å². The number of fused-ring (bicyclic) bond motifs is 3. The van der Waals surface area contributed by atoms with E-state index in [1.54, 1.807) is 30.3 Å². The number of benzene rings is 10. The maximum Gasteiger partial charge on any atom is 0.0998 e. The van der Waals surface area contributed by atoms with Gasteiger partial charge in [-0.05, 0) is 196 Å². The summed E-state index contributed by atoms with van der Waals surface area (Å²) in [5.41, 5.74) is 20.2. The molecular weight excluding hydrogens is 1020 g/mol. The summed E-state index contributed by atoms with van der Waals surface area (Å²) < 4.78 is 2.26. The molecule has 1 heterocycles. The number of hydrogen-bond acceptors (Lipinski definition) is 6. The zero-order chi connectivity index (χ0) is 58.9. The van der Waals surface area contributed by atoms with Gasteiger partial charge >= 0.3 is 0 Å². The van der Waals surface area contributed by atoms with E-state index < -0.39 is 0 Å². The highest BCUT2D eigenvalue weighted by atomic mass is 15.2. The van der Waals surface area contributed by atoms with Crippen LogP contribution in [0.15, 0.2) is 212 Å². The predicted octanol–water partition coefficient (Wildman–Crippen LogP) is 20.5. The molecule has 11 rings (SSSR count). The van der Waals surface area contributed by atoms with Crippen LogP contribution in [0.1, 0.15) is 106 Å². The van der Waals surface area contributed by atoms with E-state index in [0.717, 1.165) is 103 Å². The summed E-state index contributed by atoms with van der Waals surface area (Å²) in [7, 11) is 0. The standard InChI is InChI=1S/C77H65N7/c1-9-10-19-52-38-61(77(6,7)8)45-65(39-52)83(63-22-15-12-16-23-63)67-41-57(40-66(46-67)82(62-20-13-11-14-21-62)64-35-51(2)34-60(44-64)76(3,4)5)55-28-32-75-72(42-55)70-24-17-18-25-73(70)84(75)74-33-29-56(68-30-26-53(47-78)36-58(68)49-80)43-71(74)69-31-27-54(48-79)37-59(69)50-81/h11-18,20-46H,9-10,19H2,1-8H3. The lowest BCUT2D eigenvalue weighted by molar-refractivity contribution is 0.589. The number of nitriles is 4. The smallest absolute Gasteiger partial charge is 0.0998 e. The Morgan fingerprint density at radius 3 is 1.54 bits per heavy atom. The lowest BCUT2D eigenvalue weighted by Crippen LogP contribution is -2.17. The number of unbranched alkanes of at least 4 members (excludes halogenated alkanes) is 1. The fraction of sp³-hybridized carbons (Fsp3) is 0.169. The highest BCUT2D eigenvalue weighted by molar-refractivity contribution is 6.11. The quantitative estimate of drug-likeness (QED) is 0.114. The van der Waals surface area contributed by atoms with Gasteiger partial charge in [0.15, 0.2) is 0 Å². The minimum atomic E-state index is -0.101. The summed E-state index contributed by atoms with van der Waals surface area (Å²) in [4.78, 5) is 4.84. The van der Waals surface area contributed by atoms with Crippen LogP contribution >= 0.6 is 0 Å². The molecule has 0 amide bonds. The zero-order valence-corrected chi connectivity index (χ0v) is 49.0. The minimum absolute atomic E-state index is 0.100. The van der Waals surface area contributed by atoms with E-state index in [2.05, 4.69) is 252 Å². The maximum absolute atomic E-state index is 10.7. The van der Waals surface area contributed by atoms with Crippen LogP contribution < -0.4 is 9.80 Å². The predicted molar refractivity (Wildman–Crippen MR) is 346 cm³/mol. The van der Waals surface area contributed by atoms with E-state index >= 15 is 0 Å². The van der Waals surface area contributed by atoms with Crippen LogP contribution in [0.25, 0.3) is 60.9 Å². The molecule has 0 radical (unpaired) electrons. The van der Waals surface area contributed by atoms with Crippen LogP contribution in [0.3, 0.4) is 0 Å². The average molecular weight is 1090 g/mol. The van der Waals surface area contributed by atoms with Crippen LogP contribution in [0, 0.1) is 52.2 Å². The topological polar surface area (TPSA) is 107 Å². The molecule has 84 heavy (non-hydrogen) atoms. The number of nitrogens with zero attached hydrogens (tertiary/aromatic N) is 7. The molecular formula is C77H65N7. The van der Waals surface area contributed by atoms with Crippen molar-refractivity contribution < 1.29 is 0 Å². The van der Waals surface area contributed by atoms with Gasteiger partial charge < -0.3 is 14.4 Å². The van der Waals surface area contributed by atoms with Crippen molar-refractivity contribution in [1.82, 2.24) is 4.57 Å². The van der Waals surface area contributed by atoms with E-state index in [4.69, 9.17) is 0 Å². The summed E-state index contributed by atoms with van der Waals surface area (Å²) in [6.07, 6.45) is 3.19. The summed E-state index contributed by atoms with van der Waals surface area (Å²) in [5.74, 6) is 0. The van der Waals surface area contributed by atoms with Crippen molar-refractivity contribution >= 4 is 55.9 Å². The molecule has 0 N–H and O–H groups in total. The molecule has 11 aromatic rings. The van der Waals surface area contributed by atoms with Crippen LogP contribution in [0.2, 0.25) is 0 Å². The van der Waals surface area contributed by atoms with E-state index in [1.807, 2.05) is 24.3 Å². The highest BCUT2D eigenvalue weighted by Crippen LogP contribution is 2.47. The molecule has 0 bridgehead atoms. The molecule has 408 valence electrons. The van der Waals surface area contributed by atoms with E-state index in [1.165, 1.54) is 22.3 Å². The Hall–Kier alpha value is -10.4. The molecule has 0 spiro atoms. The molecule has 0 aliphatic rings. The Morgan fingerprint density at radius 1 is 0.405 bits per heavy atom. The van der Waals surface area contributed by atoms with Gasteiger partial charge in [-0.1, -0.05) is 146 Å². The summed E-state index contributed by atoms with van der Waals surface area (Å²) >= 11 is 0. The Bertz CT molecular complexity index is 4500. The number of aromatic nitrogens is 1. The number of para-hydroxylation sites is 3. The number of anilines is 6. The first kappa shape index (κ1) is 55.5. The lowest BCUT2D eigenvalue weighted by atomic mass is 9.85. The van der Waals surface area contributed by atoms with Gasteiger partial charge in [0.2, 0.25) is 0 Å². The van der Waals surface area contributed by atoms with Crippen molar-refractivity contribution in [2.75, 3.05) is 9.80 Å². The summed E-state index contributed by atoms with van der Waals surface area (Å²) in [5, 5.41) is 42.8. The Balaban J connectivity index is 1.19. The second kappa shape index (κ2) is 22.8. The van der Waals surface area contributed by atoms with Crippen LogP contribution in [0.5, 0.6) is 0 Å². The summed E-state index contributed by atoms with van der Waals surface area (Å²) in [6, 6.07) is 83.2. The Morgan fingerprint density at radius 2 is 0.940 bits per heavy atom. The molecule has 0 atom stereocenters. The monoisotopic (exact) mass is 1090 g/mol. The Kier molecular flexibility index (Phi) is 15.1. The van der Waals surface area contributed by atoms with Gasteiger partial charge in [0.05, 0.1) is 63.3 Å². The van der Waals surface area contributed by atoms with Gasteiger partial charge in [0.25, 0.3) is 0 Å². The molecule has 0 unspecified atom stereocenters. The van der Waals surface area contributed by atoms with Gasteiger partial charge in [0.1, 0.15) is 0 Å². The fourth-order valence-electron chi connectivity index (χ4n) is 11.6. The molecule has 0 aliphatic carbocycles. The minimum Gasteiger partial charge on any atom is -0.310 e. The first-order valence-corrected chi connectivity index (χ1v) is 28.8. The van der Waals surface area contributed by atoms with Gasteiger partial charge in [-0.2, -0.15) is 21.0 Å². The Labute approximate surface area is 494 Å². The maximum atomic E-state index is 10.7. The second-order valence-electron chi connectivity index (χ2n) is 23.9. The van der Waals surface area contributed by atoms with Crippen molar-refractivity contribution in [2.45, 2.75) is 85.5 Å². The van der Waals surface area contributed by atoms with Gasteiger partial charge in [0, 0.05) is 56.0 Å². The summed E-state index contributed by atoms with van der Waals surface area (Å²) in [6.45, 7) is 18.2. The molecule has 0 saturated heterocycles. The molecule has 10 aromatic carbocycles. The highest BCUT2D eigenvalue weighted by Gasteiger charge is 2.26. The third-order valence-corrected chi connectivity index (χ3v) is 15.9. The number of rotatable bonds is 13. The van der Waals surface area contributed by atoms with Crippen LogP contribution in [0.4, 0.5) is 34.1 Å². The number of hydrogen-bond donors (Lipinski definition) is 0. The normalized spacial score (nSPS) is 11.4. The van der Waals surface area contributed by atoms with E-state index in [-0.39, 0.29) is 10.8 Å². The van der Waals surface area contributed by atoms with Crippen molar-refractivity contribution in [3.05, 3.63) is 257 Å². The molecule has 0 aliphatic heterocycles. The third-order valence-electron chi connectivity index (χ3n) is 15.9. The largest absolute Gasteiger partial charge is 0.310 e. The average Bonchev–Trinajstić information content (AvgIpc) is 3.28. The first-order valence-electron chi connectivity index (χ1n) is 28.8. The molecule has 7 nitrogen and oxygen atoms in total. The molecule has 0 saturated carbocycles. The van der Waals surface area contributed by atoms with Gasteiger partial charge in [-0.3, -0.25) is 0 Å². The third kappa shape index (κ3) is 10.9. The van der Waals surface area contributed by atoms with Crippen molar-refractivity contribution in [2.24, 2.45) is 0 Å². The number of aryl methyl sites for hydroxylation is 2. The molecule has 0 fully saturated rings. The van der Waals surface area contributed by atoms with Gasteiger partial charge in [-0.15, -0.1) is 0 Å². The van der Waals surface area contributed by atoms with Crippen molar-refractivity contribution in [3.63, 3.8) is 0 Å². The van der Waals surface area contributed by atoms with Crippen LogP contribution in [-0.2, 0) is 17.3 Å². The second-order valence-corrected chi connectivity index (χ2v) is 23.9. The lowest BCUT2D eigenvalue weighted by Gasteiger charge is -2.32. The van der Waals surface area contributed by atoms with Gasteiger partial charge in [-0.25, -0.2) is 0 Å².